The van der Waals surface area contributed by atoms with E-state index in [1.807, 2.05) is 0 Å². The molecule has 19 heavy (non-hydrogen) atoms. The number of fused-ring (bicyclic) bond motifs is 3. The largest absolute Gasteiger partial charge is 0.376 e. The molecule has 0 aromatic rings. The molecule has 2 bridgehead atoms. The van der Waals surface area contributed by atoms with Crippen molar-refractivity contribution in [2.75, 3.05) is 39.3 Å². The lowest BCUT2D eigenvalue weighted by atomic mass is 9.70. The number of nitrogens with two attached hydrogens (primary N) is 1. The van der Waals surface area contributed by atoms with Gasteiger partial charge >= 0.3 is 0 Å². The fraction of sp³-hybridized carbons (Fsp3) is 1.00. The quantitative estimate of drug-likeness (QED) is 0.825. The van der Waals surface area contributed by atoms with Gasteiger partial charge in [0.2, 0.25) is 0 Å². The molecule has 4 saturated heterocycles. The summed E-state index contributed by atoms with van der Waals surface area (Å²) in [7, 11) is 0. The first-order valence-corrected chi connectivity index (χ1v) is 8.00. The van der Waals surface area contributed by atoms with Gasteiger partial charge in [0.05, 0.1) is 12.7 Å². The number of piperidine rings is 3. The van der Waals surface area contributed by atoms with Gasteiger partial charge in [0.15, 0.2) is 0 Å². The zero-order valence-corrected chi connectivity index (χ0v) is 12.5. The van der Waals surface area contributed by atoms with Gasteiger partial charge in [-0.05, 0) is 45.2 Å². The molecule has 0 aromatic carbocycles. The zero-order chi connectivity index (χ0) is 13.5. The van der Waals surface area contributed by atoms with Crippen molar-refractivity contribution in [3.63, 3.8) is 0 Å². The minimum atomic E-state index is 0.217. The maximum atomic E-state index is 6.31. The highest BCUT2D eigenvalue weighted by molar-refractivity contribution is 5.08. The summed E-state index contributed by atoms with van der Waals surface area (Å²) in [5, 5.41) is 0. The van der Waals surface area contributed by atoms with Crippen LogP contribution in [0.2, 0.25) is 0 Å². The van der Waals surface area contributed by atoms with Crippen LogP contribution in [0.3, 0.4) is 0 Å². The summed E-state index contributed by atoms with van der Waals surface area (Å²) >= 11 is 0. The van der Waals surface area contributed by atoms with Crippen LogP contribution in [0, 0.1) is 5.92 Å². The van der Waals surface area contributed by atoms with E-state index < -0.39 is 0 Å². The summed E-state index contributed by atoms with van der Waals surface area (Å²) < 4.78 is 5.88. The average Bonchev–Trinajstić information content (AvgIpc) is 2.48. The molecule has 4 nitrogen and oxygen atoms in total. The minimum absolute atomic E-state index is 0.217. The third kappa shape index (κ3) is 2.23. The van der Waals surface area contributed by atoms with Crippen LogP contribution >= 0.6 is 0 Å². The first-order chi connectivity index (χ1) is 9.19. The summed E-state index contributed by atoms with van der Waals surface area (Å²) in [5.41, 5.74) is 6.53. The number of rotatable bonds is 3. The molecule has 2 N–H and O–H groups in total. The van der Waals surface area contributed by atoms with Crippen LogP contribution in [0.5, 0.6) is 0 Å². The highest BCUT2D eigenvalue weighted by Gasteiger charge is 2.52. The van der Waals surface area contributed by atoms with Crippen molar-refractivity contribution in [1.82, 2.24) is 9.80 Å². The van der Waals surface area contributed by atoms with Crippen LogP contribution in [-0.2, 0) is 4.74 Å². The fourth-order valence-electron chi connectivity index (χ4n) is 4.55. The first kappa shape index (κ1) is 13.8. The lowest BCUT2D eigenvalue weighted by molar-refractivity contribution is -0.147. The van der Waals surface area contributed by atoms with E-state index in [1.165, 1.54) is 38.9 Å². The molecule has 4 fully saturated rings. The normalized spacial score (nSPS) is 47.5. The smallest absolute Gasteiger partial charge is 0.0675 e. The maximum Gasteiger partial charge on any atom is 0.0675 e. The van der Waals surface area contributed by atoms with Crippen molar-refractivity contribution in [1.29, 1.82) is 0 Å². The van der Waals surface area contributed by atoms with E-state index in [0.717, 1.165) is 25.6 Å². The van der Waals surface area contributed by atoms with Gasteiger partial charge in [-0.1, -0.05) is 6.92 Å². The molecule has 0 aliphatic carbocycles. The predicted molar refractivity (Wildman–Crippen MR) is 77.1 cm³/mol. The van der Waals surface area contributed by atoms with Crippen molar-refractivity contribution in [3.05, 3.63) is 0 Å². The topological polar surface area (TPSA) is 41.7 Å². The summed E-state index contributed by atoms with van der Waals surface area (Å²) in [5.74, 6) is 0.793. The zero-order valence-electron chi connectivity index (χ0n) is 12.5. The maximum absolute atomic E-state index is 6.31. The molecule has 0 saturated carbocycles. The summed E-state index contributed by atoms with van der Waals surface area (Å²) in [4.78, 5) is 5.36. The second-order valence-electron chi connectivity index (χ2n) is 6.72. The van der Waals surface area contributed by atoms with Crippen molar-refractivity contribution in [2.45, 2.75) is 50.8 Å². The Morgan fingerprint density at radius 3 is 2.58 bits per heavy atom. The molecule has 0 aromatic heterocycles. The number of morpholine rings is 1. The van der Waals surface area contributed by atoms with Crippen LogP contribution in [0.15, 0.2) is 0 Å². The Kier molecular flexibility index (Phi) is 3.87. The van der Waals surface area contributed by atoms with Crippen molar-refractivity contribution in [3.8, 4) is 0 Å². The lowest BCUT2D eigenvalue weighted by Gasteiger charge is -2.60. The van der Waals surface area contributed by atoms with Crippen molar-refractivity contribution >= 4 is 0 Å². The number of hydrogen-bond donors (Lipinski definition) is 1. The fourth-order valence-corrected chi connectivity index (χ4v) is 4.55. The predicted octanol–water partition coefficient (Wildman–Crippen LogP) is 0.909. The van der Waals surface area contributed by atoms with Crippen LogP contribution in [0.25, 0.3) is 0 Å². The van der Waals surface area contributed by atoms with Crippen LogP contribution in [-0.4, -0.2) is 66.8 Å². The van der Waals surface area contributed by atoms with E-state index in [1.54, 1.807) is 0 Å². The lowest BCUT2D eigenvalue weighted by Crippen LogP contribution is -2.73. The molecule has 0 radical (unpaired) electrons. The monoisotopic (exact) mass is 267 g/mol. The molecule has 4 aliphatic rings. The van der Waals surface area contributed by atoms with Crippen molar-refractivity contribution in [2.24, 2.45) is 11.7 Å². The molecule has 0 spiro atoms. The molecule has 3 unspecified atom stereocenters. The van der Waals surface area contributed by atoms with Crippen LogP contribution < -0.4 is 5.73 Å². The second kappa shape index (κ2) is 5.32. The number of hydrogen-bond acceptors (Lipinski definition) is 4. The molecular weight excluding hydrogens is 238 g/mol. The van der Waals surface area contributed by atoms with Crippen molar-refractivity contribution < 1.29 is 4.74 Å². The van der Waals surface area contributed by atoms with E-state index in [-0.39, 0.29) is 5.54 Å². The molecule has 4 heterocycles. The number of ether oxygens (including phenoxy) is 1. The third-order valence-corrected chi connectivity index (χ3v) is 5.71. The van der Waals surface area contributed by atoms with Crippen LogP contribution in [0.4, 0.5) is 0 Å². The van der Waals surface area contributed by atoms with Gasteiger partial charge in [0.1, 0.15) is 0 Å². The van der Waals surface area contributed by atoms with E-state index in [0.29, 0.717) is 12.1 Å². The van der Waals surface area contributed by atoms with E-state index in [4.69, 9.17) is 10.5 Å². The van der Waals surface area contributed by atoms with Crippen LogP contribution in [0.1, 0.15) is 33.1 Å². The Morgan fingerprint density at radius 2 is 2.05 bits per heavy atom. The summed E-state index contributed by atoms with van der Waals surface area (Å²) in [6.07, 6.45) is 4.18. The Balaban J connectivity index is 1.87. The van der Waals surface area contributed by atoms with Gasteiger partial charge in [-0.3, -0.25) is 4.90 Å². The van der Waals surface area contributed by atoms with E-state index in [2.05, 4.69) is 23.6 Å². The molecule has 4 rings (SSSR count). The van der Waals surface area contributed by atoms with E-state index in [9.17, 15) is 0 Å². The second-order valence-corrected chi connectivity index (χ2v) is 6.72. The van der Waals surface area contributed by atoms with Gasteiger partial charge < -0.3 is 15.4 Å². The molecular formula is C15H29N3O. The Hall–Kier alpha value is -0.160. The SMILES string of the molecule is CCC1COC(C)CN1C1(CN)CN2CCC1CC2. The first-order valence-electron chi connectivity index (χ1n) is 8.00. The molecule has 0 amide bonds. The highest BCUT2D eigenvalue weighted by atomic mass is 16.5. The Bertz CT molecular complexity index is 317. The summed E-state index contributed by atoms with van der Waals surface area (Å²) in [6, 6.07) is 0.556. The number of nitrogens with zero attached hydrogens (tertiary/aromatic N) is 2. The average molecular weight is 267 g/mol. The van der Waals surface area contributed by atoms with Gasteiger partial charge in [-0.2, -0.15) is 0 Å². The third-order valence-electron chi connectivity index (χ3n) is 5.71. The minimum Gasteiger partial charge on any atom is -0.376 e. The molecule has 4 aliphatic heterocycles. The summed E-state index contributed by atoms with van der Waals surface area (Å²) in [6.45, 7) is 11.0. The van der Waals surface area contributed by atoms with Gasteiger partial charge in [-0.15, -0.1) is 0 Å². The Morgan fingerprint density at radius 1 is 1.32 bits per heavy atom. The van der Waals surface area contributed by atoms with Gasteiger partial charge in [-0.25, -0.2) is 0 Å². The Labute approximate surface area is 117 Å². The molecule has 110 valence electrons. The van der Waals surface area contributed by atoms with E-state index >= 15 is 0 Å². The van der Waals surface area contributed by atoms with Gasteiger partial charge in [0, 0.05) is 31.2 Å². The standard InChI is InChI=1S/C15H29N3O/c1-3-14-9-19-12(2)8-18(14)15(10-16)11-17-6-4-13(15)5-7-17/h12-14H,3-11,16H2,1-2H3. The van der Waals surface area contributed by atoms with Gasteiger partial charge in [0.25, 0.3) is 0 Å². The highest BCUT2D eigenvalue weighted by Crippen LogP contribution is 2.41. The molecule has 4 heteroatoms. The molecule has 3 atom stereocenters.